The van der Waals surface area contributed by atoms with Crippen LogP contribution in [0.5, 0.6) is 0 Å². The number of rotatable bonds is 5. The van der Waals surface area contributed by atoms with E-state index in [0.29, 0.717) is 22.5 Å². The molecule has 100 valence electrons. The summed E-state index contributed by atoms with van der Waals surface area (Å²) in [6.45, 7) is 0. The maximum atomic E-state index is 11.8. The maximum absolute atomic E-state index is 11.8. The molecule has 2 rings (SSSR count). The van der Waals surface area contributed by atoms with Crippen LogP contribution in [-0.4, -0.2) is 32.8 Å². The summed E-state index contributed by atoms with van der Waals surface area (Å²) in [4.78, 5) is 29.3. The Labute approximate surface area is 113 Å². The molecule has 4 N–H and O–H groups in total. The number of aliphatic carboxylic acids is 1. The number of nitrogens with two attached hydrogens (primary N) is 1. The summed E-state index contributed by atoms with van der Waals surface area (Å²) in [5.74, 6) is -0.474. The first-order chi connectivity index (χ1) is 9.08. The van der Waals surface area contributed by atoms with Crippen molar-refractivity contribution in [1.29, 1.82) is 0 Å². The van der Waals surface area contributed by atoms with Crippen molar-refractivity contribution in [1.82, 2.24) is 9.97 Å². The lowest BCUT2D eigenvalue weighted by atomic mass is 10.3. The lowest BCUT2D eigenvalue weighted by molar-refractivity contribution is -0.137. The molecule has 6 nitrogen and oxygen atoms in total. The number of nitrogens with zero attached hydrogens (tertiary/aromatic N) is 1. The molecule has 19 heavy (non-hydrogen) atoms. The average Bonchev–Trinajstić information content (AvgIpc) is 2.39. The topological polar surface area (TPSA) is 109 Å². The first-order valence-electron chi connectivity index (χ1n) is 5.62. The van der Waals surface area contributed by atoms with Crippen LogP contribution in [0.25, 0.3) is 11.0 Å². The summed E-state index contributed by atoms with van der Waals surface area (Å²) in [7, 11) is 0. The van der Waals surface area contributed by atoms with Crippen LogP contribution in [0.2, 0.25) is 0 Å². The molecule has 0 saturated carbocycles. The molecule has 0 radical (unpaired) electrons. The van der Waals surface area contributed by atoms with Crippen molar-refractivity contribution in [3.8, 4) is 0 Å². The fourth-order valence-corrected chi connectivity index (χ4v) is 2.42. The summed E-state index contributed by atoms with van der Waals surface area (Å²) in [6.07, 6.45) is 0. The minimum Gasteiger partial charge on any atom is -0.480 e. The molecule has 0 fully saturated rings. The Balaban J connectivity index is 2.10. The van der Waals surface area contributed by atoms with E-state index >= 15 is 0 Å². The summed E-state index contributed by atoms with van der Waals surface area (Å²) in [5.41, 5.74) is 6.90. The van der Waals surface area contributed by atoms with Gasteiger partial charge < -0.3 is 15.8 Å². The molecule has 1 aromatic carbocycles. The van der Waals surface area contributed by atoms with Crippen LogP contribution >= 0.6 is 11.8 Å². The molecule has 1 heterocycles. The Bertz CT molecular complexity index is 656. The number of nitrogens with one attached hydrogen (secondary N) is 1. The number of thioether (sulfide) groups is 1. The van der Waals surface area contributed by atoms with Crippen LogP contribution in [0.4, 0.5) is 0 Å². The van der Waals surface area contributed by atoms with E-state index in [4.69, 9.17) is 10.8 Å². The fourth-order valence-electron chi connectivity index (χ4n) is 1.52. The van der Waals surface area contributed by atoms with Gasteiger partial charge in [0.15, 0.2) is 0 Å². The fraction of sp³-hybridized carbons (Fsp3) is 0.250. The van der Waals surface area contributed by atoms with Crippen molar-refractivity contribution in [2.75, 3.05) is 5.75 Å². The number of benzene rings is 1. The first kappa shape index (κ1) is 13.6. The zero-order valence-corrected chi connectivity index (χ0v) is 10.8. The van der Waals surface area contributed by atoms with Crippen molar-refractivity contribution in [2.24, 2.45) is 5.73 Å². The molecule has 0 bridgehead atoms. The van der Waals surface area contributed by atoms with Gasteiger partial charge in [-0.2, -0.15) is 11.8 Å². The van der Waals surface area contributed by atoms with E-state index < -0.39 is 12.0 Å². The average molecular weight is 279 g/mol. The SMILES string of the molecule is NC(CSCc1nc2ccccc2[nH]c1=O)C(=O)O. The third kappa shape index (κ3) is 3.33. The molecule has 0 spiro atoms. The van der Waals surface area contributed by atoms with Gasteiger partial charge in [0.2, 0.25) is 0 Å². The van der Waals surface area contributed by atoms with Crippen molar-refractivity contribution in [2.45, 2.75) is 11.8 Å². The van der Waals surface area contributed by atoms with E-state index in [0.717, 1.165) is 0 Å². The van der Waals surface area contributed by atoms with Gasteiger partial charge in [0.05, 0.1) is 11.0 Å². The predicted molar refractivity (Wildman–Crippen MR) is 74.1 cm³/mol. The Morgan fingerprint density at radius 3 is 2.95 bits per heavy atom. The minimum atomic E-state index is -1.05. The van der Waals surface area contributed by atoms with Gasteiger partial charge in [-0.3, -0.25) is 9.59 Å². The van der Waals surface area contributed by atoms with Crippen LogP contribution < -0.4 is 11.3 Å². The molecule has 0 aliphatic heterocycles. The number of aromatic amines is 1. The van der Waals surface area contributed by atoms with Gasteiger partial charge in [-0.1, -0.05) is 12.1 Å². The smallest absolute Gasteiger partial charge is 0.321 e. The number of aromatic nitrogens is 2. The van der Waals surface area contributed by atoms with E-state index in [9.17, 15) is 9.59 Å². The molecule has 1 unspecified atom stereocenters. The number of carboxylic acids is 1. The molecule has 1 atom stereocenters. The summed E-state index contributed by atoms with van der Waals surface area (Å²) < 4.78 is 0. The minimum absolute atomic E-state index is 0.239. The van der Waals surface area contributed by atoms with Gasteiger partial charge in [-0.15, -0.1) is 0 Å². The Hall–Kier alpha value is -1.86. The van der Waals surface area contributed by atoms with Gasteiger partial charge in [-0.05, 0) is 12.1 Å². The molecule has 0 aliphatic rings. The first-order valence-corrected chi connectivity index (χ1v) is 6.77. The lowest BCUT2D eigenvalue weighted by Gasteiger charge is -2.05. The highest BCUT2D eigenvalue weighted by Crippen LogP contribution is 2.11. The lowest BCUT2D eigenvalue weighted by Crippen LogP contribution is -2.32. The van der Waals surface area contributed by atoms with Gasteiger partial charge in [0.25, 0.3) is 5.56 Å². The number of para-hydroxylation sites is 2. The van der Waals surface area contributed by atoms with Gasteiger partial charge >= 0.3 is 5.97 Å². The molecular formula is C12H13N3O3S. The van der Waals surface area contributed by atoms with Crippen LogP contribution in [0.1, 0.15) is 5.69 Å². The molecule has 0 amide bonds. The second kappa shape index (κ2) is 5.85. The summed E-state index contributed by atoms with van der Waals surface area (Å²) in [5, 5.41) is 8.65. The molecule has 7 heteroatoms. The van der Waals surface area contributed by atoms with E-state index in [2.05, 4.69) is 9.97 Å². The van der Waals surface area contributed by atoms with Crippen molar-refractivity contribution < 1.29 is 9.90 Å². The van der Waals surface area contributed by atoms with Crippen molar-refractivity contribution in [3.05, 3.63) is 40.3 Å². The number of H-pyrrole nitrogens is 1. The summed E-state index contributed by atoms with van der Waals surface area (Å²) in [6, 6.07) is 6.32. The third-order valence-electron chi connectivity index (χ3n) is 2.52. The van der Waals surface area contributed by atoms with Crippen LogP contribution in [0.15, 0.2) is 29.1 Å². The quantitative estimate of drug-likeness (QED) is 0.738. The predicted octanol–water partition coefficient (Wildman–Crippen LogP) is 0.568. The third-order valence-corrected chi connectivity index (χ3v) is 3.60. The Morgan fingerprint density at radius 1 is 1.47 bits per heavy atom. The second-order valence-corrected chi connectivity index (χ2v) is 5.02. The second-order valence-electron chi connectivity index (χ2n) is 3.99. The Morgan fingerprint density at radius 2 is 2.21 bits per heavy atom. The standard InChI is InChI=1S/C12H13N3O3S/c13-7(12(17)18)5-19-6-10-11(16)15-9-4-2-1-3-8(9)14-10/h1-4,7H,5-6,13H2,(H,15,16)(H,17,18). The number of carbonyl (C=O) groups is 1. The molecule has 1 aromatic heterocycles. The van der Waals surface area contributed by atoms with Gasteiger partial charge in [0, 0.05) is 11.5 Å². The molecule has 0 saturated heterocycles. The van der Waals surface area contributed by atoms with Crippen LogP contribution in [-0.2, 0) is 10.5 Å². The van der Waals surface area contributed by atoms with E-state index in [1.54, 1.807) is 6.07 Å². The highest BCUT2D eigenvalue weighted by molar-refractivity contribution is 7.98. The summed E-state index contributed by atoms with van der Waals surface area (Å²) >= 11 is 1.28. The highest BCUT2D eigenvalue weighted by Gasteiger charge is 2.12. The monoisotopic (exact) mass is 279 g/mol. The number of hydrogen-bond donors (Lipinski definition) is 3. The number of hydrogen-bond acceptors (Lipinski definition) is 5. The van der Waals surface area contributed by atoms with Crippen LogP contribution in [0.3, 0.4) is 0 Å². The number of fused-ring (bicyclic) bond motifs is 1. The largest absolute Gasteiger partial charge is 0.480 e. The van der Waals surface area contributed by atoms with Crippen molar-refractivity contribution >= 4 is 28.8 Å². The number of carboxylic acid groups (broad SMARTS) is 1. The van der Waals surface area contributed by atoms with E-state index in [1.165, 1.54) is 11.8 Å². The zero-order valence-electron chi connectivity index (χ0n) is 10.00. The van der Waals surface area contributed by atoms with Crippen molar-refractivity contribution in [3.63, 3.8) is 0 Å². The zero-order chi connectivity index (χ0) is 13.8. The van der Waals surface area contributed by atoms with E-state index in [-0.39, 0.29) is 11.3 Å². The van der Waals surface area contributed by atoms with Gasteiger partial charge in [-0.25, -0.2) is 4.98 Å². The van der Waals surface area contributed by atoms with Crippen LogP contribution in [0, 0.1) is 0 Å². The Kier molecular flexibility index (Phi) is 4.18. The molecular weight excluding hydrogens is 266 g/mol. The normalized spacial score (nSPS) is 12.5. The van der Waals surface area contributed by atoms with Gasteiger partial charge in [0.1, 0.15) is 11.7 Å². The highest BCUT2D eigenvalue weighted by atomic mass is 32.2. The molecule has 0 aliphatic carbocycles. The van der Waals surface area contributed by atoms with E-state index in [1.807, 2.05) is 18.2 Å². The molecule has 2 aromatic rings. The maximum Gasteiger partial charge on any atom is 0.321 e.